The van der Waals surface area contributed by atoms with Crippen LogP contribution in [0, 0.1) is 5.92 Å². The quantitative estimate of drug-likeness (QED) is 0.786. The molecule has 1 aromatic carbocycles. The third-order valence-corrected chi connectivity index (χ3v) is 5.96. The number of amides is 3. The Morgan fingerprint density at radius 1 is 1.03 bits per heavy atom. The first-order chi connectivity index (χ1) is 14.2. The van der Waals surface area contributed by atoms with Gasteiger partial charge in [-0.25, -0.2) is 4.79 Å². The van der Waals surface area contributed by atoms with E-state index in [4.69, 9.17) is 4.74 Å². The summed E-state index contributed by atoms with van der Waals surface area (Å²) in [6, 6.07) is 8.05. The van der Waals surface area contributed by atoms with Crippen LogP contribution in [0.4, 0.5) is 10.5 Å². The summed E-state index contributed by atoms with van der Waals surface area (Å²) >= 11 is 0. The molecule has 0 saturated carbocycles. The first-order valence-corrected chi connectivity index (χ1v) is 11.2. The number of anilines is 1. The summed E-state index contributed by atoms with van der Waals surface area (Å²) in [5.74, 6) is 0.668. The van der Waals surface area contributed by atoms with Gasteiger partial charge in [-0.2, -0.15) is 0 Å². The third-order valence-electron chi connectivity index (χ3n) is 5.96. The van der Waals surface area contributed by atoms with Gasteiger partial charge in [0.2, 0.25) is 5.91 Å². The topological polar surface area (TPSA) is 61.9 Å². The maximum absolute atomic E-state index is 12.7. The molecule has 2 heterocycles. The van der Waals surface area contributed by atoms with Crippen LogP contribution in [0.25, 0.3) is 0 Å². The molecule has 3 amide bonds. The molecule has 0 aromatic heterocycles. The molecule has 0 spiro atoms. The maximum atomic E-state index is 12.7. The van der Waals surface area contributed by atoms with Crippen LogP contribution < -0.4 is 5.32 Å². The fourth-order valence-corrected chi connectivity index (χ4v) is 4.03. The van der Waals surface area contributed by atoms with Crippen LogP contribution in [0.1, 0.15) is 51.0 Å². The van der Waals surface area contributed by atoms with Gasteiger partial charge in [-0.3, -0.25) is 4.79 Å². The summed E-state index contributed by atoms with van der Waals surface area (Å²) in [6.07, 6.45) is 6.83. The number of urea groups is 1. The van der Waals surface area contributed by atoms with Gasteiger partial charge in [0, 0.05) is 51.5 Å². The summed E-state index contributed by atoms with van der Waals surface area (Å²) in [5.41, 5.74) is 2.13. The molecule has 2 saturated heterocycles. The second-order valence-electron chi connectivity index (χ2n) is 8.21. The monoisotopic (exact) mass is 401 g/mol. The highest BCUT2D eigenvalue weighted by molar-refractivity contribution is 5.89. The van der Waals surface area contributed by atoms with Gasteiger partial charge in [-0.05, 0) is 55.7 Å². The van der Waals surface area contributed by atoms with E-state index in [1.165, 1.54) is 18.4 Å². The van der Waals surface area contributed by atoms with Crippen molar-refractivity contribution >= 4 is 17.6 Å². The predicted octanol–water partition coefficient (Wildman–Crippen LogP) is 3.91. The van der Waals surface area contributed by atoms with Gasteiger partial charge in [0.15, 0.2) is 0 Å². The standard InChI is InChI=1S/C23H35N3O3/c1-2-3-5-19-6-8-21(9-7-19)24-23(28)26-13-4-12-25(14-15-26)22(27)18-20-10-16-29-17-11-20/h6-9,20H,2-5,10-18H2,1H3,(H,24,28). The second kappa shape index (κ2) is 11.2. The molecule has 3 rings (SSSR count). The predicted molar refractivity (Wildman–Crippen MR) is 115 cm³/mol. The molecule has 1 N–H and O–H groups in total. The molecule has 2 fully saturated rings. The normalized spacial score (nSPS) is 18.4. The Morgan fingerprint density at radius 3 is 2.45 bits per heavy atom. The highest BCUT2D eigenvalue weighted by atomic mass is 16.5. The highest BCUT2D eigenvalue weighted by Gasteiger charge is 2.25. The molecule has 6 nitrogen and oxygen atoms in total. The largest absolute Gasteiger partial charge is 0.381 e. The van der Waals surface area contributed by atoms with Crippen molar-refractivity contribution in [1.82, 2.24) is 9.80 Å². The van der Waals surface area contributed by atoms with Gasteiger partial charge < -0.3 is 19.9 Å². The zero-order valence-electron chi connectivity index (χ0n) is 17.7. The van der Waals surface area contributed by atoms with Crippen LogP contribution in [-0.2, 0) is 16.0 Å². The number of unbranched alkanes of at least 4 members (excludes halogenated alkanes) is 1. The Labute approximate surface area is 174 Å². The lowest BCUT2D eigenvalue weighted by atomic mass is 9.96. The smallest absolute Gasteiger partial charge is 0.321 e. The van der Waals surface area contributed by atoms with Gasteiger partial charge in [-0.15, -0.1) is 0 Å². The van der Waals surface area contributed by atoms with Crippen molar-refractivity contribution in [3.63, 3.8) is 0 Å². The number of hydrogen-bond donors (Lipinski definition) is 1. The fraction of sp³-hybridized carbons (Fsp3) is 0.652. The molecule has 2 aliphatic rings. The first kappa shape index (κ1) is 21.6. The number of carbonyl (C=O) groups is 2. The van der Waals surface area contributed by atoms with Crippen LogP contribution in [0.15, 0.2) is 24.3 Å². The van der Waals surface area contributed by atoms with Gasteiger partial charge in [0.1, 0.15) is 0 Å². The molecule has 29 heavy (non-hydrogen) atoms. The lowest BCUT2D eigenvalue weighted by molar-refractivity contribution is -0.132. The average Bonchev–Trinajstić information content (AvgIpc) is 3.00. The molecule has 0 bridgehead atoms. The van der Waals surface area contributed by atoms with Gasteiger partial charge >= 0.3 is 6.03 Å². The van der Waals surface area contributed by atoms with E-state index < -0.39 is 0 Å². The van der Waals surface area contributed by atoms with E-state index in [0.717, 1.165) is 51.1 Å². The van der Waals surface area contributed by atoms with E-state index in [1.807, 2.05) is 21.9 Å². The Balaban J connectivity index is 1.45. The minimum absolute atomic E-state index is 0.0787. The molecule has 0 unspecified atom stereocenters. The average molecular weight is 402 g/mol. The van der Waals surface area contributed by atoms with Gasteiger partial charge in [-0.1, -0.05) is 25.5 Å². The number of hydrogen-bond acceptors (Lipinski definition) is 3. The third kappa shape index (κ3) is 6.74. The number of carbonyl (C=O) groups excluding carboxylic acids is 2. The Bertz CT molecular complexity index is 656. The van der Waals surface area contributed by atoms with Crippen molar-refractivity contribution in [3.8, 4) is 0 Å². The molecule has 0 radical (unpaired) electrons. The molecule has 160 valence electrons. The van der Waals surface area contributed by atoms with Crippen molar-refractivity contribution in [1.29, 1.82) is 0 Å². The van der Waals surface area contributed by atoms with Gasteiger partial charge in [0.25, 0.3) is 0 Å². The number of nitrogens with zero attached hydrogens (tertiary/aromatic N) is 2. The van der Waals surface area contributed by atoms with Gasteiger partial charge in [0.05, 0.1) is 0 Å². The Morgan fingerprint density at radius 2 is 1.72 bits per heavy atom. The summed E-state index contributed by atoms with van der Waals surface area (Å²) in [4.78, 5) is 29.1. The number of aryl methyl sites for hydroxylation is 1. The SMILES string of the molecule is CCCCc1ccc(NC(=O)N2CCCN(C(=O)CC3CCOCC3)CC2)cc1. The molecule has 0 atom stereocenters. The highest BCUT2D eigenvalue weighted by Crippen LogP contribution is 2.20. The number of ether oxygens (including phenoxy) is 1. The lowest BCUT2D eigenvalue weighted by Gasteiger charge is -2.26. The molecule has 2 aliphatic heterocycles. The first-order valence-electron chi connectivity index (χ1n) is 11.2. The molecule has 1 aromatic rings. The van der Waals surface area contributed by atoms with E-state index in [2.05, 4.69) is 24.4 Å². The van der Waals surface area contributed by atoms with E-state index in [-0.39, 0.29) is 11.9 Å². The van der Waals surface area contributed by atoms with Crippen molar-refractivity contribution < 1.29 is 14.3 Å². The van der Waals surface area contributed by atoms with Crippen molar-refractivity contribution in [2.24, 2.45) is 5.92 Å². The zero-order valence-corrected chi connectivity index (χ0v) is 17.7. The maximum Gasteiger partial charge on any atom is 0.321 e. The van der Waals surface area contributed by atoms with Crippen LogP contribution in [-0.4, -0.2) is 61.1 Å². The molecule has 0 aliphatic carbocycles. The number of benzene rings is 1. The fourth-order valence-electron chi connectivity index (χ4n) is 4.03. The van der Waals surface area contributed by atoms with E-state index in [9.17, 15) is 9.59 Å². The Hall–Kier alpha value is -2.08. The van der Waals surface area contributed by atoms with E-state index >= 15 is 0 Å². The second-order valence-corrected chi connectivity index (χ2v) is 8.21. The summed E-state index contributed by atoms with van der Waals surface area (Å²) in [5, 5.41) is 3.00. The molecular weight excluding hydrogens is 366 g/mol. The Kier molecular flexibility index (Phi) is 8.35. The van der Waals surface area contributed by atoms with Crippen LogP contribution in [0.2, 0.25) is 0 Å². The molecule has 6 heteroatoms. The zero-order chi connectivity index (χ0) is 20.5. The molecular formula is C23H35N3O3. The van der Waals surface area contributed by atoms with Crippen LogP contribution in [0.5, 0.6) is 0 Å². The van der Waals surface area contributed by atoms with Crippen molar-refractivity contribution in [2.45, 2.75) is 51.9 Å². The van der Waals surface area contributed by atoms with E-state index in [1.54, 1.807) is 0 Å². The van der Waals surface area contributed by atoms with Crippen molar-refractivity contribution in [2.75, 3.05) is 44.7 Å². The lowest BCUT2D eigenvalue weighted by Crippen LogP contribution is -2.39. The number of nitrogens with one attached hydrogen (secondary N) is 1. The van der Waals surface area contributed by atoms with Crippen LogP contribution in [0.3, 0.4) is 0 Å². The summed E-state index contributed by atoms with van der Waals surface area (Å²) < 4.78 is 5.38. The minimum atomic E-state index is -0.0787. The number of rotatable bonds is 6. The summed E-state index contributed by atoms with van der Waals surface area (Å²) in [6.45, 7) is 6.34. The van der Waals surface area contributed by atoms with Crippen molar-refractivity contribution in [3.05, 3.63) is 29.8 Å². The van der Waals surface area contributed by atoms with E-state index in [0.29, 0.717) is 32.0 Å². The van der Waals surface area contributed by atoms with Crippen LogP contribution >= 0.6 is 0 Å². The minimum Gasteiger partial charge on any atom is -0.381 e. The summed E-state index contributed by atoms with van der Waals surface area (Å²) in [7, 11) is 0.